The predicted octanol–water partition coefficient (Wildman–Crippen LogP) is 0.0880. The number of aliphatic hydroxyl groups is 1. The van der Waals surface area contributed by atoms with Crippen LogP contribution >= 0.6 is 0 Å². The first-order chi connectivity index (χ1) is 7.66. The summed E-state index contributed by atoms with van der Waals surface area (Å²) >= 11 is 0. The van der Waals surface area contributed by atoms with Gasteiger partial charge in [0, 0.05) is 0 Å². The Balaban J connectivity index is 2.90. The molecule has 1 saturated heterocycles. The maximum atomic E-state index is 12.1. The van der Waals surface area contributed by atoms with Crippen molar-refractivity contribution in [3.8, 4) is 0 Å². The smallest absolute Gasteiger partial charge is 0.417 e. The predicted molar refractivity (Wildman–Crippen MR) is 61.1 cm³/mol. The van der Waals surface area contributed by atoms with Crippen LogP contribution in [-0.2, 0) is 9.53 Å². The van der Waals surface area contributed by atoms with Crippen molar-refractivity contribution in [1.29, 1.82) is 0 Å². The van der Waals surface area contributed by atoms with Crippen molar-refractivity contribution in [2.75, 3.05) is 6.61 Å². The zero-order valence-corrected chi connectivity index (χ0v) is 10.6. The van der Waals surface area contributed by atoms with E-state index in [9.17, 15) is 14.7 Å². The summed E-state index contributed by atoms with van der Waals surface area (Å²) in [4.78, 5) is 24.6. The number of nitrogens with zero attached hydrogens (tertiary/aromatic N) is 1. The average molecular weight is 244 g/mol. The lowest BCUT2D eigenvalue weighted by Crippen LogP contribution is -2.57. The number of nitrogens with two attached hydrogens (primary N) is 1. The first-order valence-electron chi connectivity index (χ1n) is 5.64. The third-order valence-corrected chi connectivity index (χ3v) is 2.94. The van der Waals surface area contributed by atoms with Crippen LogP contribution in [0.4, 0.5) is 4.79 Å². The van der Waals surface area contributed by atoms with Crippen LogP contribution in [0.15, 0.2) is 0 Å². The monoisotopic (exact) mass is 244 g/mol. The quantitative estimate of drug-likeness (QED) is 0.733. The number of hydrogen-bond donors (Lipinski definition) is 2. The lowest BCUT2D eigenvalue weighted by molar-refractivity contribution is -0.136. The zero-order valence-electron chi connectivity index (χ0n) is 10.6. The summed E-state index contributed by atoms with van der Waals surface area (Å²) in [6.45, 7) is 6.83. The van der Waals surface area contributed by atoms with Crippen LogP contribution in [0.1, 0.15) is 27.7 Å². The van der Waals surface area contributed by atoms with Gasteiger partial charge in [-0.1, -0.05) is 13.8 Å². The molecule has 0 radical (unpaired) electrons. The summed E-state index contributed by atoms with van der Waals surface area (Å²) in [7, 11) is 0. The summed E-state index contributed by atoms with van der Waals surface area (Å²) in [6.07, 6.45) is -0.687. The molecule has 0 aromatic rings. The standard InChI is InChI=1S/C11H20N2O4/c1-6(2)7-5-17-10(15)13(7)9(14)8(12)11(3,4)16/h6-8,16H,5,12H2,1-4H3/t7-,8-/m1/s1. The molecule has 1 aliphatic heterocycles. The lowest BCUT2D eigenvalue weighted by atomic mass is 9.97. The number of carbonyl (C=O) groups is 2. The van der Waals surface area contributed by atoms with Crippen LogP contribution in [-0.4, -0.2) is 46.3 Å². The minimum absolute atomic E-state index is 0.0828. The van der Waals surface area contributed by atoms with Crippen LogP contribution in [0.2, 0.25) is 0 Å². The van der Waals surface area contributed by atoms with Gasteiger partial charge in [-0.25, -0.2) is 9.69 Å². The van der Waals surface area contributed by atoms with Crippen LogP contribution in [0.5, 0.6) is 0 Å². The van der Waals surface area contributed by atoms with Gasteiger partial charge in [0.05, 0.1) is 11.6 Å². The molecule has 1 heterocycles. The van der Waals surface area contributed by atoms with Crippen molar-refractivity contribution >= 4 is 12.0 Å². The van der Waals surface area contributed by atoms with Crippen molar-refractivity contribution in [2.24, 2.45) is 11.7 Å². The molecule has 6 heteroatoms. The van der Waals surface area contributed by atoms with E-state index < -0.39 is 23.6 Å². The molecular formula is C11H20N2O4. The van der Waals surface area contributed by atoms with Gasteiger partial charge >= 0.3 is 6.09 Å². The molecule has 3 N–H and O–H groups in total. The second-order valence-electron chi connectivity index (χ2n) is 5.23. The van der Waals surface area contributed by atoms with Gasteiger partial charge in [0.25, 0.3) is 5.91 Å². The molecule has 17 heavy (non-hydrogen) atoms. The number of hydrogen-bond acceptors (Lipinski definition) is 5. The maximum Gasteiger partial charge on any atom is 0.417 e. The SMILES string of the molecule is CC(C)[C@H]1COC(=O)N1C(=O)[C@@H](N)C(C)(C)O. The van der Waals surface area contributed by atoms with Crippen molar-refractivity contribution in [3.05, 3.63) is 0 Å². The van der Waals surface area contributed by atoms with E-state index >= 15 is 0 Å². The first-order valence-corrected chi connectivity index (χ1v) is 5.64. The summed E-state index contributed by atoms with van der Waals surface area (Å²) in [5.74, 6) is -0.516. The minimum Gasteiger partial charge on any atom is -0.447 e. The minimum atomic E-state index is -1.37. The maximum absolute atomic E-state index is 12.1. The zero-order chi connectivity index (χ0) is 13.4. The average Bonchev–Trinajstić information content (AvgIpc) is 2.56. The van der Waals surface area contributed by atoms with E-state index in [1.54, 1.807) is 0 Å². The number of cyclic esters (lactones) is 1. The Morgan fingerprint density at radius 1 is 1.59 bits per heavy atom. The fraction of sp³-hybridized carbons (Fsp3) is 0.818. The molecule has 0 aromatic carbocycles. The first kappa shape index (κ1) is 13.9. The molecule has 1 fully saturated rings. The molecule has 0 spiro atoms. The van der Waals surface area contributed by atoms with E-state index in [1.165, 1.54) is 13.8 Å². The Morgan fingerprint density at radius 3 is 2.53 bits per heavy atom. The van der Waals surface area contributed by atoms with Gasteiger partial charge in [-0.15, -0.1) is 0 Å². The fourth-order valence-corrected chi connectivity index (χ4v) is 1.63. The van der Waals surface area contributed by atoms with E-state index in [0.29, 0.717) is 0 Å². The number of ether oxygens (including phenoxy) is 1. The van der Waals surface area contributed by atoms with Gasteiger partial charge in [0.1, 0.15) is 12.6 Å². The van der Waals surface area contributed by atoms with Gasteiger partial charge in [-0.05, 0) is 19.8 Å². The topological polar surface area (TPSA) is 92.9 Å². The molecule has 6 nitrogen and oxygen atoms in total. The molecule has 98 valence electrons. The molecule has 0 aliphatic carbocycles. The number of rotatable bonds is 3. The molecule has 0 bridgehead atoms. The van der Waals surface area contributed by atoms with Crippen molar-refractivity contribution in [1.82, 2.24) is 4.90 Å². The van der Waals surface area contributed by atoms with Gasteiger partial charge in [-0.3, -0.25) is 4.79 Å². The van der Waals surface area contributed by atoms with E-state index in [4.69, 9.17) is 10.5 Å². The molecular weight excluding hydrogens is 224 g/mol. The summed E-state index contributed by atoms with van der Waals surface area (Å²) < 4.78 is 4.85. The highest BCUT2D eigenvalue weighted by Gasteiger charge is 2.44. The van der Waals surface area contributed by atoms with Crippen LogP contribution in [0.3, 0.4) is 0 Å². The van der Waals surface area contributed by atoms with Crippen molar-refractivity contribution in [3.63, 3.8) is 0 Å². The highest BCUT2D eigenvalue weighted by Crippen LogP contribution is 2.22. The van der Waals surface area contributed by atoms with E-state index in [1.807, 2.05) is 13.8 Å². The number of carbonyl (C=O) groups excluding carboxylic acids is 2. The number of imide groups is 1. The molecule has 0 saturated carbocycles. The van der Waals surface area contributed by atoms with Crippen molar-refractivity contribution in [2.45, 2.75) is 45.4 Å². The van der Waals surface area contributed by atoms with E-state index in [-0.39, 0.29) is 18.6 Å². The third-order valence-electron chi connectivity index (χ3n) is 2.94. The Hall–Kier alpha value is -1.14. The molecule has 2 amide bonds. The van der Waals surface area contributed by atoms with E-state index in [0.717, 1.165) is 4.90 Å². The van der Waals surface area contributed by atoms with Gasteiger partial charge in [-0.2, -0.15) is 0 Å². The van der Waals surface area contributed by atoms with Gasteiger partial charge in [0.2, 0.25) is 0 Å². The fourth-order valence-electron chi connectivity index (χ4n) is 1.63. The summed E-state index contributed by atoms with van der Waals surface area (Å²) in [5, 5.41) is 9.70. The molecule has 2 atom stereocenters. The van der Waals surface area contributed by atoms with Crippen LogP contribution in [0, 0.1) is 5.92 Å². The Kier molecular flexibility index (Phi) is 3.78. The second-order valence-corrected chi connectivity index (χ2v) is 5.23. The van der Waals surface area contributed by atoms with Crippen LogP contribution < -0.4 is 5.73 Å². The van der Waals surface area contributed by atoms with E-state index in [2.05, 4.69) is 0 Å². The summed E-state index contributed by atoms with van der Waals surface area (Å²) in [6, 6.07) is -1.46. The Bertz CT molecular complexity index is 322. The summed E-state index contributed by atoms with van der Waals surface area (Å²) in [5.41, 5.74) is 4.28. The normalized spacial score (nSPS) is 22.9. The Labute approximate surface area is 101 Å². The molecule has 1 rings (SSSR count). The highest BCUT2D eigenvalue weighted by atomic mass is 16.6. The van der Waals surface area contributed by atoms with Crippen molar-refractivity contribution < 1.29 is 19.4 Å². The molecule has 0 unspecified atom stereocenters. The van der Waals surface area contributed by atoms with Gasteiger partial charge in [0.15, 0.2) is 0 Å². The highest BCUT2D eigenvalue weighted by molar-refractivity contribution is 5.97. The van der Waals surface area contributed by atoms with Crippen LogP contribution in [0.25, 0.3) is 0 Å². The van der Waals surface area contributed by atoms with Gasteiger partial charge < -0.3 is 15.6 Å². The third kappa shape index (κ3) is 2.76. The largest absolute Gasteiger partial charge is 0.447 e. The molecule has 0 aromatic heterocycles. The second kappa shape index (κ2) is 4.62. The lowest BCUT2D eigenvalue weighted by Gasteiger charge is -2.30. The Morgan fingerprint density at radius 2 is 2.12 bits per heavy atom. The molecule has 1 aliphatic rings. The number of amides is 2.